The molecule has 1 aliphatic heterocycles. The fourth-order valence-electron chi connectivity index (χ4n) is 2.28. The summed E-state index contributed by atoms with van der Waals surface area (Å²) >= 11 is -0.101. The zero-order chi connectivity index (χ0) is 14.6. The van der Waals surface area contributed by atoms with Gasteiger partial charge in [-0.2, -0.15) is 13.2 Å². The maximum absolute atomic E-state index is 12.3. The number of alkyl halides is 3. The summed E-state index contributed by atoms with van der Waals surface area (Å²) in [5.41, 5.74) is 2.50. The number of morpholine rings is 1. The van der Waals surface area contributed by atoms with Crippen LogP contribution >= 0.6 is 11.8 Å². The third-order valence-corrected chi connectivity index (χ3v) is 3.95. The minimum Gasteiger partial charge on any atom is -0.379 e. The number of benzene rings is 1. The van der Waals surface area contributed by atoms with Crippen LogP contribution in [0.4, 0.5) is 13.2 Å². The van der Waals surface area contributed by atoms with Crippen LogP contribution in [0, 0.1) is 0 Å². The molecule has 3 nitrogen and oxygen atoms in total. The van der Waals surface area contributed by atoms with Gasteiger partial charge in [-0.3, -0.25) is 4.90 Å². The molecule has 1 atom stereocenters. The highest BCUT2D eigenvalue weighted by atomic mass is 32.2. The first-order valence-corrected chi connectivity index (χ1v) is 7.19. The van der Waals surface area contributed by atoms with Gasteiger partial charge in [0.15, 0.2) is 0 Å². The molecule has 1 unspecified atom stereocenters. The normalized spacial score (nSPS) is 19.0. The summed E-state index contributed by atoms with van der Waals surface area (Å²) < 4.78 is 42.1. The average Bonchev–Trinajstić information content (AvgIpc) is 2.41. The van der Waals surface area contributed by atoms with Gasteiger partial charge in [-0.05, 0) is 29.5 Å². The van der Waals surface area contributed by atoms with E-state index in [2.05, 4.69) is 4.90 Å². The number of ether oxygens (including phenoxy) is 1. The lowest BCUT2D eigenvalue weighted by atomic mass is 10.1. The highest BCUT2D eigenvalue weighted by molar-refractivity contribution is 8.00. The van der Waals surface area contributed by atoms with E-state index in [0.717, 1.165) is 18.7 Å². The Morgan fingerprint density at radius 2 is 1.80 bits per heavy atom. The molecule has 2 rings (SSSR count). The molecule has 0 aliphatic carbocycles. The average molecular weight is 306 g/mol. The Morgan fingerprint density at radius 1 is 1.20 bits per heavy atom. The van der Waals surface area contributed by atoms with Crippen molar-refractivity contribution in [2.75, 3.05) is 32.8 Å². The van der Waals surface area contributed by atoms with Gasteiger partial charge < -0.3 is 10.5 Å². The molecule has 112 valence electrons. The largest absolute Gasteiger partial charge is 0.446 e. The van der Waals surface area contributed by atoms with Gasteiger partial charge in [0, 0.05) is 30.6 Å². The SMILES string of the molecule is NCC(c1ccc(SC(F)(F)F)cc1)N1CCOCC1. The molecule has 1 saturated heterocycles. The van der Waals surface area contributed by atoms with Gasteiger partial charge >= 0.3 is 5.51 Å². The number of nitrogens with two attached hydrogens (primary N) is 1. The molecule has 1 aliphatic rings. The van der Waals surface area contributed by atoms with Gasteiger partial charge in [-0.1, -0.05) is 12.1 Å². The second-order valence-corrected chi connectivity index (χ2v) is 5.66. The molecule has 2 N–H and O–H groups in total. The summed E-state index contributed by atoms with van der Waals surface area (Å²) in [4.78, 5) is 2.40. The first-order chi connectivity index (χ1) is 9.49. The first kappa shape index (κ1) is 15.6. The van der Waals surface area contributed by atoms with Crippen LogP contribution in [0.5, 0.6) is 0 Å². The van der Waals surface area contributed by atoms with Crippen LogP contribution in [0.15, 0.2) is 29.2 Å². The minimum absolute atomic E-state index is 0.0313. The lowest BCUT2D eigenvalue weighted by molar-refractivity contribution is -0.0328. The highest BCUT2D eigenvalue weighted by Gasteiger charge is 2.29. The van der Waals surface area contributed by atoms with Crippen LogP contribution in [0.25, 0.3) is 0 Å². The van der Waals surface area contributed by atoms with Crippen molar-refractivity contribution in [1.82, 2.24) is 4.90 Å². The van der Waals surface area contributed by atoms with Crippen molar-refractivity contribution in [2.24, 2.45) is 5.73 Å². The lowest BCUT2D eigenvalue weighted by Gasteiger charge is -2.34. The van der Waals surface area contributed by atoms with Crippen LogP contribution in [0.1, 0.15) is 11.6 Å². The number of nitrogens with zero attached hydrogens (tertiary/aromatic N) is 1. The number of hydrogen-bond donors (Lipinski definition) is 1. The molecule has 0 aromatic heterocycles. The summed E-state index contributed by atoms with van der Waals surface area (Å²) in [7, 11) is 0. The quantitative estimate of drug-likeness (QED) is 0.868. The molecule has 1 aromatic carbocycles. The fourth-order valence-corrected chi connectivity index (χ4v) is 2.82. The van der Waals surface area contributed by atoms with Gasteiger partial charge in [-0.15, -0.1) is 0 Å². The third kappa shape index (κ3) is 4.37. The van der Waals surface area contributed by atoms with Crippen LogP contribution in [0.3, 0.4) is 0 Å². The van der Waals surface area contributed by atoms with E-state index in [0.29, 0.717) is 19.8 Å². The predicted octanol–water partition coefficient (Wildman–Crippen LogP) is 2.63. The molecule has 0 spiro atoms. The van der Waals surface area contributed by atoms with E-state index in [9.17, 15) is 13.2 Å². The molecule has 0 amide bonds. The van der Waals surface area contributed by atoms with Gasteiger partial charge in [-0.25, -0.2) is 0 Å². The monoisotopic (exact) mass is 306 g/mol. The number of hydrogen-bond acceptors (Lipinski definition) is 4. The molecular formula is C13H17F3N2OS. The Morgan fingerprint density at radius 3 is 2.30 bits per heavy atom. The van der Waals surface area contributed by atoms with E-state index in [1.54, 1.807) is 12.1 Å². The van der Waals surface area contributed by atoms with Crippen molar-refractivity contribution < 1.29 is 17.9 Å². The molecule has 1 heterocycles. The van der Waals surface area contributed by atoms with E-state index < -0.39 is 5.51 Å². The summed E-state index contributed by atoms with van der Waals surface area (Å²) in [5.74, 6) is 0. The molecule has 7 heteroatoms. The Bertz CT molecular complexity index is 419. The first-order valence-electron chi connectivity index (χ1n) is 6.37. The Hall–Kier alpha value is -0.760. The van der Waals surface area contributed by atoms with E-state index in [-0.39, 0.29) is 22.7 Å². The summed E-state index contributed by atoms with van der Waals surface area (Å²) in [6.45, 7) is 3.35. The van der Waals surface area contributed by atoms with E-state index in [1.165, 1.54) is 12.1 Å². The van der Waals surface area contributed by atoms with Crippen molar-refractivity contribution >= 4 is 11.8 Å². The summed E-state index contributed by atoms with van der Waals surface area (Å²) in [6, 6.07) is 6.47. The second kappa shape index (κ2) is 6.80. The third-order valence-electron chi connectivity index (χ3n) is 3.21. The zero-order valence-electron chi connectivity index (χ0n) is 10.9. The van der Waals surface area contributed by atoms with Gasteiger partial charge in [0.2, 0.25) is 0 Å². The van der Waals surface area contributed by atoms with Crippen LogP contribution in [0.2, 0.25) is 0 Å². The van der Waals surface area contributed by atoms with Crippen LogP contribution in [-0.4, -0.2) is 43.3 Å². The highest BCUT2D eigenvalue weighted by Crippen LogP contribution is 2.37. The zero-order valence-corrected chi connectivity index (χ0v) is 11.7. The fraction of sp³-hybridized carbons (Fsp3) is 0.538. The van der Waals surface area contributed by atoms with Crippen LogP contribution in [-0.2, 0) is 4.74 Å². The molecule has 0 saturated carbocycles. The van der Waals surface area contributed by atoms with Crippen LogP contribution < -0.4 is 5.73 Å². The minimum atomic E-state index is -4.25. The van der Waals surface area contributed by atoms with Gasteiger partial charge in [0.25, 0.3) is 0 Å². The van der Waals surface area contributed by atoms with Gasteiger partial charge in [0.1, 0.15) is 0 Å². The molecule has 0 radical (unpaired) electrons. The Kier molecular flexibility index (Phi) is 5.31. The topological polar surface area (TPSA) is 38.5 Å². The standard InChI is InChI=1S/C13H17F3N2OS/c14-13(15,16)20-11-3-1-10(2-4-11)12(9-17)18-5-7-19-8-6-18/h1-4,12H,5-9,17H2. The smallest absolute Gasteiger partial charge is 0.379 e. The maximum Gasteiger partial charge on any atom is 0.446 e. The van der Waals surface area contributed by atoms with Crippen molar-refractivity contribution in [3.8, 4) is 0 Å². The Balaban J connectivity index is 2.06. The molecular weight excluding hydrogens is 289 g/mol. The van der Waals surface area contributed by atoms with Crippen molar-refractivity contribution in [1.29, 1.82) is 0 Å². The van der Waals surface area contributed by atoms with Gasteiger partial charge in [0.05, 0.1) is 13.2 Å². The second-order valence-electron chi connectivity index (χ2n) is 4.52. The molecule has 1 aromatic rings. The maximum atomic E-state index is 12.3. The summed E-state index contributed by atoms with van der Waals surface area (Å²) in [5, 5.41) is 0. The lowest BCUT2D eigenvalue weighted by Crippen LogP contribution is -2.41. The van der Waals surface area contributed by atoms with E-state index >= 15 is 0 Å². The number of thioether (sulfide) groups is 1. The predicted molar refractivity (Wildman–Crippen MR) is 72.5 cm³/mol. The number of halogens is 3. The number of rotatable bonds is 4. The molecule has 1 fully saturated rings. The van der Waals surface area contributed by atoms with Crippen molar-refractivity contribution in [3.63, 3.8) is 0 Å². The van der Waals surface area contributed by atoms with Crippen molar-refractivity contribution in [2.45, 2.75) is 16.4 Å². The molecule has 0 bridgehead atoms. The van der Waals surface area contributed by atoms with Crippen molar-refractivity contribution in [3.05, 3.63) is 29.8 Å². The summed E-state index contributed by atoms with van der Waals surface area (Å²) in [6.07, 6.45) is 0. The Labute approximate surface area is 120 Å². The molecule has 20 heavy (non-hydrogen) atoms. The van der Waals surface area contributed by atoms with E-state index in [4.69, 9.17) is 10.5 Å². The van der Waals surface area contributed by atoms with E-state index in [1.807, 2.05) is 0 Å².